The lowest BCUT2D eigenvalue weighted by molar-refractivity contribution is -0.163. The Morgan fingerprint density at radius 1 is 1.13 bits per heavy atom. The minimum atomic E-state index is -4.56. The molecule has 0 aromatic heterocycles. The first kappa shape index (κ1) is 17.9. The Kier molecular flexibility index (Phi) is 5.41. The molecule has 0 saturated carbocycles. The Labute approximate surface area is 133 Å². The molecule has 5 nitrogen and oxygen atoms in total. The molecule has 2 rings (SSSR count). The second kappa shape index (κ2) is 6.97. The standard InChI is InChI=1S/C15H23F3N2O3/c1-10-5-7-19(8-11(10)2)13(21)12-4-3-6-20(12)14(22)23-9-15(16,17)18/h10-12H,3-9H2,1-2H3/t10-,11-,12+/m1/s1. The van der Waals surface area contributed by atoms with Crippen molar-refractivity contribution in [2.45, 2.75) is 45.3 Å². The Balaban J connectivity index is 1.95. The van der Waals surface area contributed by atoms with E-state index in [-0.39, 0.29) is 12.5 Å². The molecule has 2 heterocycles. The average molecular weight is 336 g/mol. The molecule has 2 saturated heterocycles. The summed E-state index contributed by atoms with van der Waals surface area (Å²) in [6.07, 6.45) is -3.65. The number of carbonyl (C=O) groups is 2. The first-order valence-corrected chi connectivity index (χ1v) is 7.98. The van der Waals surface area contributed by atoms with Gasteiger partial charge in [-0.1, -0.05) is 13.8 Å². The number of piperidine rings is 1. The third kappa shape index (κ3) is 4.51. The molecule has 0 bridgehead atoms. The van der Waals surface area contributed by atoms with E-state index in [1.165, 1.54) is 0 Å². The second-order valence-electron chi connectivity index (χ2n) is 6.55. The molecule has 0 aliphatic carbocycles. The third-order valence-electron chi connectivity index (χ3n) is 4.78. The van der Waals surface area contributed by atoms with Crippen LogP contribution in [0.5, 0.6) is 0 Å². The van der Waals surface area contributed by atoms with Crippen LogP contribution in [-0.4, -0.2) is 60.3 Å². The fraction of sp³-hybridized carbons (Fsp3) is 0.867. The van der Waals surface area contributed by atoms with Gasteiger partial charge in [-0.25, -0.2) is 4.79 Å². The summed E-state index contributed by atoms with van der Waals surface area (Å²) in [7, 11) is 0. The van der Waals surface area contributed by atoms with Crippen molar-refractivity contribution in [3.8, 4) is 0 Å². The first-order chi connectivity index (χ1) is 10.7. The number of hydrogen-bond donors (Lipinski definition) is 0. The summed E-state index contributed by atoms with van der Waals surface area (Å²) in [5.41, 5.74) is 0. The number of likely N-dealkylation sites (tertiary alicyclic amines) is 2. The van der Waals surface area contributed by atoms with Crippen LogP contribution in [0.15, 0.2) is 0 Å². The molecule has 0 N–H and O–H groups in total. The predicted molar refractivity (Wildman–Crippen MR) is 76.7 cm³/mol. The van der Waals surface area contributed by atoms with Gasteiger partial charge in [-0.15, -0.1) is 0 Å². The summed E-state index contributed by atoms with van der Waals surface area (Å²) < 4.78 is 40.8. The minimum Gasteiger partial charge on any atom is -0.440 e. The Morgan fingerprint density at radius 2 is 1.83 bits per heavy atom. The summed E-state index contributed by atoms with van der Waals surface area (Å²) in [4.78, 5) is 27.3. The van der Waals surface area contributed by atoms with Crippen LogP contribution in [0.3, 0.4) is 0 Å². The number of amides is 2. The molecule has 0 aromatic rings. The van der Waals surface area contributed by atoms with Crippen molar-refractivity contribution < 1.29 is 27.5 Å². The highest BCUT2D eigenvalue weighted by molar-refractivity contribution is 5.86. The molecule has 2 aliphatic rings. The largest absolute Gasteiger partial charge is 0.440 e. The van der Waals surface area contributed by atoms with Crippen LogP contribution in [0.25, 0.3) is 0 Å². The zero-order valence-electron chi connectivity index (χ0n) is 13.4. The molecule has 8 heteroatoms. The van der Waals surface area contributed by atoms with E-state index in [2.05, 4.69) is 18.6 Å². The lowest BCUT2D eigenvalue weighted by Crippen LogP contribution is -2.51. The predicted octanol–water partition coefficient (Wildman–Crippen LogP) is 2.65. The van der Waals surface area contributed by atoms with Gasteiger partial charge in [0.2, 0.25) is 5.91 Å². The maximum atomic E-state index is 12.6. The van der Waals surface area contributed by atoms with E-state index in [0.717, 1.165) is 11.3 Å². The maximum Gasteiger partial charge on any atom is 0.422 e. The van der Waals surface area contributed by atoms with Crippen molar-refractivity contribution in [1.82, 2.24) is 9.80 Å². The molecule has 2 amide bonds. The Morgan fingerprint density at radius 3 is 2.43 bits per heavy atom. The quantitative estimate of drug-likeness (QED) is 0.779. The lowest BCUT2D eigenvalue weighted by atomic mass is 9.88. The van der Waals surface area contributed by atoms with Gasteiger partial charge in [0.25, 0.3) is 0 Å². The minimum absolute atomic E-state index is 0.176. The fourth-order valence-corrected chi connectivity index (χ4v) is 3.14. The smallest absolute Gasteiger partial charge is 0.422 e. The number of ether oxygens (including phenoxy) is 1. The molecule has 132 valence electrons. The average Bonchev–Trinajstić information content (AvgIpc) is 2.95. The zero-order chi connectivity index (χ0) is 17.2. The van der Waals surface area contributed by atoms with E-state index in [0.29, 0.717) is 37.8 Å². The van der Waals surface area contributed by atoms with Gasteiger partial charge >= 0.3 is 12.3 Å². The molecule has 2 aliphatic heterocycles. The third-order valence-corrected chi connectivity index (χ3v) is 4.78. The van der Waals surface area contributed by atoms with E-state index in [1.54, 1.807) is 4.90 Å². The summed E-state index contributed by atoms with van der Waals surface area (Å²) in [6, 6.07) is -0.698. The second-order valence-corrected chi connectivity index (χ2v) is 6.55. The van der Waals surface area contributed by atoms with Crippen LogP contribution in [0.2, 0.25) is 0 Å². The molecule has 0 spiro atoms. The highest BCUT2D eigenvalue weighted by Crippen LogP contribution is 2.27. The van der Waals surface area contributed by atoms with Crippen LogP contribution >= 0.6 is 0 Å². The molecule has 3 atom stereocenters. The van der Waals surface area contributed by atoms with Gasteiger partial charge in [-0.05, 0) is 31.1 Å². The van der Waals surface area contributed by atoms with Crippen molar-refractivity contribution in [1.29, 1.82) is 0 Å². The van der Waals surface area contributed by atoms with E-state index >= 15 is 0 Å². The first-order valence-electron chi connectivity index (χ1n) is 7.98. The highest BCUT2D eigenvalue weighted by atomic mass is 19.4. The number of alkyl halides is 3. The van der Waals surface area contributed by atoms with Crippen LogP contribution in [0, 0.1) is 11.8 Å². The van der Waals surface area contributed by atoms with Gasteiger partial charge in [0, 0.05) is 19.6 Å². The van der Waals surface area contributed by atoms with Crippen molar-refractivity contribution >= 4 is 12.0 Å². The summed E-state index contributed by atoms with van der Waals surface area (Å²) >= 11 is 0. The number of rotatable bonds is 2. The van der Waals surface area contributed by atoms with E-state index in [4.69, 9.17) is 0 Å². The van der Waals surface area contributed by atoms with Crippen LogP contribution in [0.1, 0.15) is 33.1 Å². The topological polar surface area (TPSA) is 49.9 Å². The number of halogens is 3. The Bertz CT molecular complexity index is 456. The molecule has 0 radical (unpaired) electrons. The van der Waals surface area contributed by atoms with Crippen LogP contribution in [0.4, 0.5) is 18.0 Å². The van der Waals surface area contributed by atoms with Crippen LogP contribution in [-0.2, 0) is 9.53 Å². The molecular weight excluding hydrogens is 313 g/mol. The number of nitrogens with zero attached hydrogens (tertiary/aromatic N) is 2. The molecule has 2 fully saturated rings. The summed E-state index contributed by atoms with van der Waals surface area (Å²) in [5.74, 6) is 0.737. The normalized spacial score (nSPS) is 28.8. The van der Waals surface area contributed by atoms with Crippen molar-refractivity contribution in [3.05, 3.63) is 0 Å². The fourth-order valence-electron chi connectivity index (χ4n) is 3.14. The van der Waals surface area contributed by atoms with Crippen molar-refractivity contribution in [2.24, 2.45) is 11.8 Å². The molecule has 0 aromatic carbocycles. The van der Waals surface area contributed by atoms with E-state index in [9.17, 15) is 22.8 Å². The van der Waals surface area contributed by atoms with E-state index < -0.39 is 24.9 Å². The van der Waals surface area contributed by atoms with Crippen molar-refractivity contribution in [2.75, 3.05) is 26.2 Å². The SMILES string of the molecule is C[C@@H]1CCN(C(=O)[C@@H]2CCCN2C(=O)OCC(F)(F)F)C[C@H]1C. The monoisotopic (exact) mass is 336 g/mol. The maximum absolute atomic E-state index is 12.6. The van der Waals surface area contributed by atoms with Crippen molar-refractivity contribution in [3.63, 3.8) is 0 Å². The number of hydrogen-bond acceptors (Lipinski definition) is 3. The highest BCUT2D eigenvalue weighted by Gasteiger charge is 2.40. The molecular formula is C15H23F3N2O3. The van der Waals surface area contributed by atoms with Gasteiger partial charge in [-0.2, -0.15) is 13.2 Å². The molecule has 0 unspecified atom stereocenters. The Hall–Kier alpha value is -1.47. The summed E-state index contributed by atoms with van der Waals surface area (Å²) in [6.45, 7) is 4.11. The van der Waals surface area contributed by atoms with Gasteiger partial charge in [-0.3, -0.25) is 9.69 Å². The summed E-state index contributed by atoms with van der Waals surface area (Å²) in [5, 5.41) is 0. The molecule has 23 heavy (non-hydrogen) atoms. The number of carbonyl (C=O) groups excluding carboxylic acids is 2. The van der Waals surface area contributed by atoms with Gasteiger partial charge in [0.1, 0.15) is 6.04 Å². The van der Waals surface area contributed by atoms with Gasteiger partial charge in [0.15, 0.2) is 6.61 Å². The zero-order valence-corrected chi connectivity index (χ0v) is 13.4. The lowest BCUT2D eigenvalue weighted by Gasteiger charge is -2.37. The van der Waals surface area contributed by atoms with Crippen LogP contribution < -0.4 is 0 Å². The van der Waals surface area contributed by atoms with Gasteiger partial charge in [0.05, 0.1) is 0 Å². The van der Waals surface area contributed by atoms with E-state index in [1.807, 2.05) is 0 Å². The van der Waals surface area contributed by atoms with Gasteiger partial charge < -0.3 is 9.64 Å².